The molecule has 53 heavy (non-hydrogen) atoms. The fourth-order valence-corrected chi connectivity index (χ4v) is 8.92. The molecule has 3 aromatic carbocycles. The van der Waals surface area contributed by atoms with Gasteiger partial charge in [-0.1, -0.05) is 0 Å². The molecule has 0 spiro atoms. The molecule has 0 atom stereocenters. The maximum absolute atomic E-state index is 13.2. The van der Waals surface area contributed by atoms with Crippen LogP contribution in [0.1, 0.15) is 19.4 Å². The van der Waals surface area contributed by atoms with Crippen molar-refractivity contribution in [1.29, 1.82) is 0 Å². The molecule has 0 aliphatic carbocycles. The number of nitrogens with zero attached hydrogens (tertiary/aromatic N) is 2. The van der Waals surface area contributed by atoms with E-state index in [0.717, 1.165) is 42.0 Å². The molecule has 0 aliphatic rings. The minimum absolute atomic E-state index is 0.0667. The predicted octanol–water partition coefficient (Wildman–Crippen LogP) is 0.519. The van der Waals surface area contributed by atoms with Crippen molar-refractivity contribution in [3.63, 3.8) is 0 Å². The highest BCUT2D eigenvalue weighted by molar-refractivity contribution is 7.92. The van der Waals surface area contributed by atoms with Crippen molar-refractivity contribution < 1.29 is 65.5 Å². The summed E-state index contributed by atoms with van der Waals surface area (Å²) in [4.78, 5) is 24.9. The van der Waals surface area contributed by atoms with E-state index in [2.05, 4.69) is 10.6 Å². The van der Waals surface area contributed by atoms with Crippen LogP contribution in [-0.4, -0.2) is 125 Å². The van der Waals surface area contributed by atoms with Gasteiger partial charge >= 0.3 is 0 Å². The summed E-state index contributed by atoms with van der Waals surface area (Å²) in [6.45, 7) is 0.452. The summed E-state index contributed by atoms with van der Waals surface area (Å²) < 4.78 is 79.0. The summed E-state index contributed by atoms with van der Waals surface area (Å²) in [5.41, 5.74) is -1.60. The van der Waals surface area contributed by atoms with Gasteiger partial charge in [0.05, 0.1) is 64.8 Å². The van der Waals surface area contributed by atoms with Gasteiger partial charge in [-0.2, -0.15) is 0 Å². The molecule has 18 nitrogen and oxygen atoms in total. The predicted molar refractivity (Wildman–Crippen MR) is 196 cm³/mol. The van der Waals surface area contributed by atoms with Crippen LogP contribution in [0, 0.1) is 6.92 Å². The lowest BCUT2D eigenvalue weighted by molar-refractivity contribution is -0.117. The maximum Gasteiger partial charge on any atom is 0.223 e. The fraction of sp³-hybridized carbons (Fsp3) is 0.375. The van der Waals surface area contributed by atoms with E-state index in [1.807, 2.05) is 0 Å². The molecule has 8 N–H and O–H groups in total. The van der Waals surface area contributed by atoms with Crippen LogP contribution in [0.4, 0.5) is 34.1 Å². The van der Waals surface area contributed by atoms with Gasteiger partial charge in [0.1, 0.15) is 16.3 Å². The Labute approximate surface area is 306 Å². The third kappa shape index (κ3) is 9.54. The Morgan fingerprint density at radius 1 is 0.642 bits per heavy atom. The summed E-state index contributed by atoms with van der Waals surface area (Å²) >= 11 is 0. The van der Waals surface area contributed by atoms with Crippen molar-refractivity contribution in [1.82, 2.24) is 0 Å². The van der Waals surface area contributed by atoms with Crippen LogP contribution < -0.4 is 20.4 Å². The molecule has 292 valence electrons. The molecular weight excluding hydrogens is 761 g/mol. The molecule has 0 aromatic heterocycles. The Hall–Kier alpha value is -4.51. The first-order valence-electron chi connectivity index (χ1n) is 15.7. The first kappa shape index (κ1) is 42.9. The third-order valence-corrected chi connectivity index (χ3v) is 12.4. The molecule has 2 amide bonds. The van der Waals surface area contributed by atoms with E-state index >= 15 is 0 Å². The molecule has 0 unspecified atom stereocenters. The zero-order valence-electron chi connectivity index (χ0n) is 29.2. The van der Waals surface area contributed by atoms with Crippen LogP contribution in [0.2, 0.25) is 0 Å². The minimum atomic E-state index is -4.43. The number of aliphatic hydroxyl groups is 4. The van der Waals surface area contributed by atoms with Gasteiger partial charge in [-0.25, -0.2) is 25.3 Å². The van der Waals surface area contributed by atoms with E-state index in [1.54, 1.807) is 0 Å². The Morgan fingerprint density at radius 2 is 1.04 bits per heavy atom. The number of phenolic OH excluding ortho intramolecular Hbond substituents is 2. The number of nitrogens with one attached hydrogen (secondary N) is 2. The van der Waals surface area contributed by atoms with E-state index in [0.29, 0.717) is 0 Å². The molecule has 0 heterocycles. The zero-order chi connectivity index (χ0) is 40.1. The lowest BCUT2D eigenvalue weighted by atomic mass is 10.1. The minimum Gasteiger partial charge on any atom is -0.505 e. The molecule has 0 saturated heterocycles. The number of amides is 2. The van der Waals surface area contributed by atoms with E-state index < -0.39 is 111 Å². The number of sulfone groups is 3. The van der Waals surface area contributed by atoms with Crippen molar-refractivity contribution in [2.45, 2.75) is 35.5 Å². The molecule has 0 bridgehead atoms. The Kier molecular flexibility index (Phi) is 13.8. The number of aromatic hydroxyl groups is 2. The molecule has 0 radical (unpaired) electrons. The highest BCUT2D eigenvalue weighted by Crippen LogP contribution is 2.49. The molecule has 3 aromatic rings. The second-order valence-electron chi connectivity index (χ2n) is 11.7. The Bertz CT molecular complexity index is 2210. The van der Waals surface area contributed by atoms with Gasteiger partial charge in [-0.15, -0.1) is 0 Å². The number of aliphatic hydroxyl groups excluding tert-OH is 4. The summed E-state index contributed by atoms with van der Waals surface area (Å²) in [6, 6.07) is 7.05. The van der Waals surface area contributed by atoms with Crippen LogP contribution in [0.3, 0.4) is 0 Å². The molecule has 0 aliphatic heterocycles. The Morgan fingerprint density at radius 3 is 1.38 bits per heavy atom. The third-order valence-electron chi connectivity index (χ3n) is 7.85. The van der Waals surface area contributed by atoms with Crippen LogP contribution in [0.25, 0.3) is 0 Å². The standard InChI is InChI=1S/C32H42N4O14S3/c1-19-28(33-22-5-7-24(35(9-11-37)20(2)41)26(17-22)52(47,48)15-13-39)31(44)32(51(4,45)46)29(30(19)43)34-23-6-8-25(36(10-12-38)21(3)42)27(18-23)53(49,50)16-14-40/h5-8,17-18,33-34,37-40,43-44H,9-16H2,1-4H3. The number of carbonyl (C=O) groups excluding carboxylic acids is 2. The summed E-state index contributed by atoms with van der Waals surface area (Å²) in [7, 11) is -13.0. The van der Waals surface area contributed by atoms with Crippen LogP contribution in [-0.2, 0) is 39.1 Å². The topological polar surface area (TPSA) is 288 Å². The smallest absolute Gasteiger partial charge is 0.223 e. The highest BCUT2D eigenvalue weighted by Gasteiger charge is 2.31. The van der Waals surface area contributed by atoms with Crippen molar-refractivity contribution in [2.75, 3.05) is 77.7 Å². The van der Waals surface area contributed by atoms with E-state index in [9.17, 15) is 65.5 Å². The number of hydrogen-bond donors (Lipinski definition) is 8. The monoisotopic (exact) mass is 802 g/mol. The summed E-state index contributed by atoms with van der Waals surface area (Å²) in [5.74, 6) is -4.39. The van der Waals surface area contributed by atoms with Crippen molar-refractivity contribution in [3.05, 3.63) is 42.0 Å². The SMILES string of the molecule is CC(=O)N(CCO)c1ccc(Nc2c(C)c(O)c(Nc3ccc(N(CCO)C(C)=O)c(S(=O)(=O)CCO)c3)c(S(C)(=O)=O)c2O)cc1S(=O)(=O)CCO. The lowest BCUT2D eigenvalue weighted by Crippen LogP contribution is -2.33. The number of rotatable bonds is 17. The number of anilines is 6. The van der Waals surface area contributed by atoms with Gasteiger partial charge in [-0.05, 0) is 43.3 Å². The average molecular weight is 803 g/mol. The number of phenols is 2. The quantitative estimate of drug-likeness (QED) is 0.0682. The summed E-state index contributed by atoms with van der Waals surface area (Å²) in [6.07, 6.45) is 0.720. The first-order valence-corrected chi connectivity index (χ1v) is 20.9. The van der Waals surface area contributed by atoms with Gasteiger partial charge in [0.15, 0.2) is 35.3 Å². The average Bonchev–Trinajstić information content (AvgIpc) is 3.06. The lowest BCUT2D eigenvalue weighted by Gasteiger charge is -2.25. The molecule has 0 fully saturated rings. The van der Waals surface area contributed by atoms with Gasteiger partial charge in [0.2, 0.25) is 11.8 Å². The van der Waals surface area contributed by atoms with E-state index in [1.165, 1.54) is 31.2 Å². The van der Waals surface area contributed by atoms with Crippen LogP contribution >= 0.6 is 0 Å². The van der Waals surface area contributed by atoms with Crippen LogP contribution in [0.5, 0.6) is 11.5 Å². The van der Waals surface area contributed by atoms with Crippen molar-refractivity contribution in [3.8, 4) is 11.5 Å². The molecule has 0 saturated carbocycles. The van der Waals surface area contributed by atoms with Gasteiger partial charge in [0.25, 0.3) is 0 Å². The van der Waals surface area contributed by atoms with Gasteiger partial charge < -0.3 is 51.1 Å². The van der Waals surface area contributed by atoms with Crippen molar-refractivity contribution >= 4 is 75.5 Å². The second-order valence-corrected chi connectivity index (χ2v) is 17.8. The molecular formula is C32H42N4O14S3. The largest absolute Gasteiger partial charge is 0.505 e. The highest BCUT2D eigenvalue weighted by atomic mass is 32.2. The van der Waals surface area contributed by atoms with Gasteiger partial charge in [0, 0.05) is 50.1 Å². The normalized spacial score (nSPS) is 12.0. The maximum atomic E-state index is 13.2. The molecule has 3 rings (SSSR count). The van der Waals surface area contributed by atoms with Crippen LogP contribution in [0.15, 0.2) is 51.1 Å². The molecule has 21 heteroatoms. The van der Waals surface area contributed by atoms with E-state index in [4.69, 9.17) is 0 Å². The second kappa shape index (κ2) is 17.1. The van der Waals surface area contributed by atoms with E-state index in [-0.39, 0.29) is 47.1 Å². The fourth-order valence-electron chi connectivity index (χ4n) is 5.42. The number of benzene rings is 3. The van der Waals surface area contributed by atoms with Crippen molar-refractivity contribution in [2.24, 2.45) is 0 Å². The number of hydrogen-bond acceptors (Lipinski definition) is 16. The Balaban J connectivity index is 2.27. The summed E-state index contributed by atoms with van der Waals surface area (Å²) in [5, 5.41) is 65.9. The zero-order valence-corrected chi connectivity index (χ0v) is 31.6. The first-order chi connectivity index (χ1) is 24.7. The number of carbonyl (C=O) groups is 2. The van der Waals surface area contributed by atoms with Gasteiger partial charge in [-0.3, -0.25) is 9.59 Å².